The van der Waals surface area contributed by atoms with E-state index in [0.717, 1.165) is 0 Å². The molecule has 2 aromatic rings. The van der Waals surface area contributed by atoms with Gasteiger partial charge in [-0.1, -0.05) is 60.2 Å². The second-order valence-electron chi connectivity index (χ2n) is 6.32. The van der Waals surface area contributed by atoms with Crippen molar-refractivity contribution < 1.29 is 9.80 Å². The summed E-state index contributed by atoms with van der Waals surface area (Å²) >= 11 is 0. The highest BCUT2D eigenvalue weighted by Crippen LogP contribution is 2.01. The molecule has 0 aliphatic carbocycles. The molecule has 0 spiro atoms. The second kappa shape index (κ2) is 6.88. The Morgan fingerprint density at radius 2 is 1.14 bits per heavy atom. The van der Waals surface area contributed by atoms with Crippen LogP contribution in [0.1, 0.15) is 16.7 Å². The maximum atomic E-state index is 2.28. The Bertz CT molecular complexity index is 540. The number of benzene rings is 2. The van der Waals surface area contributed by atoms with E-state index in [4.69, 9.17) is 0 Å². The minimum Gasteiger partial charge on any atom is -0.322 e. The zero-order valence-corrected chi connectivity index (χ0v) is 12.9. The molecule has 1 fully saturated rings. The van der Waals surface area contributed by atoms with Gasteiger partial charge < -0.3 is 9.80 Å². The summed E-state index contributed by atoms with van der Waals surface area (Å²) in [5.41, 5.74) is 4.29. The van der Waals surface area contributed by atoms with Crippen molar-refractivity contribution in [3.63, 3.8) is 0 Å². The van der Waals surface area contributed by atoms with Crippen LogP contribution in [0.15, 0.2) is 54.6 Å². The van der Waals surface area contributed by atoms with Crippen molar-refractivity contribution >= 4 is 0 Å². The van der Waals surface area contributed by atoms with Crippen molar-refractivity contribution in [2.75, 3.05) is 26.2 Å². The minimum atomic E-state index is 1.18. The van der Waals surface area contributed by atoms with E-state index in [9.17, 15) is 0 Å². The van der Waals surface area contributed by atoms with Gasteiger partial charge in [-0.25, -0.2) is 0 Å². The summed E-state index contributed by atoms with van der Waals surface area (Å²) in [5, 5.41) is 0. The number of rotatable bonds is 4. The molecular weight excluding hydrogens is 256 g/mol. The minimum absolute atomic E-state index is 1.18. The van der Waals surface area contributed by atoms with Crippen molar-refractivity contribution in [2.45, 2.75) is 20.0 Å². The van der Waals surface area contributed by atoms with Crippen LogP contribution < -0.4 is 9.80 Å². The average molecular weight is 282 g/mol. The molecule has 1 saturated heterocycles. The third-order valence-corrected chi connectivity index (χ3v) is 4.54. The number of piperazine rings is 1. The standard InChI is InChI=1S/C19H24N2/c1-17-7-9-19(10-8-17)16-21-13-11-20(12-14-21)15-18-5-3-2-4-6-18/h2-10H,11-16H2,1H3/p+2. The first-order chi connectivity index (χ1) is 10.3. The predicted octanol–water partition coefficient (Wildman–Crippen LogP) is 0.479. The van der Waals surface area contributed by atoms with Crippen LogP contribution in [0, 0.1) is 6.92 Å². The zero-order valence-electron chi connectivity index (χ0n) is 12.9. The largest absolute Gasteiger partial charge is 0.322 e. The molecule has 0 unspecified atom stereocenters. The van der Waals surface area contributed by atoms with Gasteiger partial charge in [0.25, 0.3) is 0 Å². The van der Waals surface area contributed by atoms with E-state index in [1.54, 1.807) is 9.80 Å². The van der Waals surface area contributed by atoms with Gasteiger partial charge in [-0.3, -0.25) is 0 Å². The van der Waals surface area contributed by atoms with Crippen LogP contribution in [-0.2, 0) is 13.1 Å². The molecule has 2 nitrogen and oxygen atoms in total. The molecule has 2 aromatic carbocycles. The zero-order chi connectivity index (χ0) is 14.5. The molecule has 2 heteroatoms. The molecule has 2 N–H and O–H groups in total. The molecule has 0 radical (unpaired) electrons. The Balaban J connectivity index is 1.47. The molecule has 110 valence electrons. The van der Waals surface area contributed by atoms with Crippen molar-refractivity contribution in [3.8, 4) is 0 Å². The second-order valence-corrected chi connectivity index (χ2v) is 6.32. The van der Waals surface area contributed by atoms with E-state index in [1.807, 2.05) is 0 Å². The maximum Gasteiger partial charge on any atom is 0.127 e. The van der Waals surface area contributed by atoms with Gasteiger partial charge in [0, 0.05) is 11.1 Å². The summed E-state index contributed by atoms with van der Waals surface area (Å²) in [6.45, 7) is 9.66. The third kappa shape index (κ3) is 4.16. The lowest BCUT2D eigenvalue weighted by Crippen LogP contribution is -3.27. The molecule has 0 atom stereocenters. The van der Waals surface area contributed by atoms with Crippen LogP contribution in [0.2, 0.25) is 0 Å². The van der Waals surface area contributed by atoms with E-state index < -0.39 is 0 Å². The first-order valence-electron chi connectivity index (χ1n) is 8.06. The first-order valence-corrected chi connectivity index (χ1v) is 8.06. The fourth-order valence-electron chi connectivity index (χ4n) is 3.19. The summed E-state index contributed by atoms with van der Waals surface area (Å²) in [6, 6.07) is 19.9. The van der Waals surface area contributed by atoms with E-state index in [0.29, 0.717) is 0 Å². The number of aryl methyl sites for hydroxylation is 1. The predicted molar refractivity (Wildman–Crippen MR) is 86.4 cm³/mol. The average Bonchev–Trinajstić information content (AvgIpc) is 2.53. The molecule has 0 aromatic heterocycles. The fraction of sp³-hybridized carbons (Fsp3) is 0.368. The number of hydrogen-bond donors (Lipinski definition) is 2. The Kier molecular flexibility index (Phi) is 4.69. The highest BCUT2D eigenvalue weighted by atomic mass is 15.3. The molecule has 21 heavy (non-hydrogen) atoms. The quantitative estimate of drug-likeness (QED) is 0.807. The number of hydrogen-bond acceptors (Lipinski definition) is 0. The van der Waals surface area contributed by atoms with Gasteiger partial charge in [-0.15, -0.1) is 0 Å². The molecule has 0 saturated carbocycles. The molecule has 1 aliphatic rings. The first kappa shape index (κ1) is 14.3. The molecule has 0 amide bonds. The van der Waals surface area contributed by atoms with Gasteiger partial charge in [0.2, 0.25) is 0 Å². The van der Waals surface area contributed by atoms with Gasteiger partial charge >= 0.3 is 0 Å². The monoisotopic (exact) mass is 282 g/mol. The summed E-state index contributed by atoms with van der Waals surface area (Å²) in [6.07, 6.45) is 0. The molecule has 1 aliphatic heterocycles. The SMILES string of the molecule is Cc1ccc(C[NH+]2CC[NH+](Cc3ccccc3)CC2)cc1. The lowest BCUT2D eigenvalue weighted by Gasteiger charge is -2.29. The topological polar surface area (TPSA) is 8.88 Å². The smallest absolute Gasteiger partial charge is 0.127 e. The van der Waals surface area contributed by atoms with Crippen molar-refractivity contribution in [1.29, 1.82) is 0 Å². The van der Waals surface area contributed by atoms with Crippen LogP contribution in [-0.4, -0.2) is 26.2 Å². The molecule has 1 heterocycles. The number of quaternary nitrogens is 2. The highest BCUT2D eigenvalue weighted by molar-refractivity contribution is 5.20. The third-order valence-electron chi connectivity index (χ3n) is 4.54. The van der Waals surface area contributed by atoms with E-state index in [-0.39, 0.29) is 0 Å². The Hall–Kier alpha value is -1.64. The van der Waals surface area contributed by atoms with Gasteiger partial charge in [0.1, 0.15) is 39.3 Å². The lowest BCUT2D eigenvalue weighted by molar-refractivity contribution is -1.02. The summed E-state index contributed by atoms with van der Waals surface area (Å²) in [7, 11) is 0. The van der Waals surface area contributed by atoms with E-state index in [2.05, 4.69) is 61.5 Å². The van der Waals surface area contributed by atoms with Crippen molar-refractivity contribution in [2.24, 2.45) is 0 Å². The fourth-order valence-corrected chi connectivity index (χ4v) is 3.19. The lowest BCUT2D eigenvalue weighted by atomic mass is 10.1. The van der Waals surface area contributed by atoms with Gasteiger partial charge in [0.15, 0.2) is 0 Å². The van der Waals surface area contributed by atoms with Crippen LogP contribution in [0.5, 0.6) is 0 Å². The summed E-state index contributed by atoms with van der Waals surface area (Å²) in [4.78, 5) is 3.46. The van der Waals surface area contributed by atoms with Gasteiger partial charge in [-0.05, 0) is 6.92 Å². The molecule has 0 bridgehead atoms. The highest BCUT2D eigenvalue weighted by Gasteiger charge is 2.22. The normalized spacial score (nSPS) is 22.1. The van der Waals surface area contributed by atoms with Crippen LogP contribution in [0.3, 0.4) is 0 Å². The van der Waals surface area contributed by atoms with Crippen LogP contribution in [0.4, 0.5) is 0 Å². The Morgan fingerprint density at radius 1 is 0.667 bits per heavy atom. The van der Waals surface area contributed by atoms with Gasteiger partial charge in [-0.2, -0.15) is 0 Å². The van der Waals surface area contributed by atoms with E-state index >= 15 is 0 Å². The maximum absolute atomic E-state index is 2.28. The number of nitrogens with one attached hydrogen (secondary N) is 2. The summed E-state index contributed by atoms with van der Waals surface area (Å²) in [5.74, 6) is 0. The molecule has 3 rings (SSSR count). The van der Waals surface area contributed by atoms with Gasteiger partial charge in [0.05, 0.1) is 0 Å². The Labute approximate surface area is 128 Å². The van der Waals surface area contributed by atoms with Crippen molar-refractivity contribution in [3.05, 3.63) is 71.3 Å². The summed E-state index contributed by atoms with van der Waals surface area (Å²) < 4.78 is 0. The van der Waals surface area contributed by atoms with Crippen LogP contribution >= 0.6 is 0 Å². The molecular formula is C19H26N2+2. The Morgan fingerprint density at radius 3 is 1.67 bits per heavy atom. The van der Waals surface area contributed by atoms with E-state index in [1.165, 1.54) is 56.0 Å². The van der Waals surface area contributed by atoms with Crippen molar-refractivity contribution in [1.82, 2.24) is 0 Å². The van der Waals surface area contributed by atoms with Crippen LogP contribution in [0.25, 0.3) is 0 Å².